The van der Waals surface area contributed by atoms with Gasteiger partial charge in [-0.15, -0.1) is 34.9 Å². The summed E-state index contributed by atoms with van der Waals surface area (Å²) in [6.07, 6.45) is 0. The molecule has 0 spiro atoms. The van der Waals surface area contributed by atoms with Crippen LogP contribution in [0.1, 0.15) is 0 Å². The lowest BCUT2D eigenvalue weighted by Gasteiger charge is -2.30. The van der Waals surface area contributed by atoms with Crippen molar-refractivity contribution in [3.05, 3.63) is 30.3 Å². The standard InChI is InChI=1S/C5H8N3O9.BrH.Mg/c1-5(2-15-6(9)10,3-16-7(11)12)4-17-8(13)14;;/h1-4H2;1H;/q;;+1/p-1. The minimum atomic E-state index is -1.33. The molecule has 0 aliphatic rings. The van der Waals surface area contributed by atoms with Gasteiger partial charge in [-0.3, -0.25) is 0 Å². The van der Waals surface area contributed by atoms with Gasteiger partial charge in [-0.2, -0.15) is 0 Å². The first-order valence-corrected chi connectivity index (χ1v) is 9.59. The number of nitrogens with zero attached hydrogens (tertiary/aromatic N) is 3. The summed E-state index contributed by atoms with van der Waals surface area (Å²) in [5, 5.41) is 27.2. The molecule has 0 aromatic carbocycles. The minimum absolute atomic E-state index is 0.211. The van der Waals surface area contributed by atoms with Crippen molar-refractivity contribution in [2.75, 3.05) is 19.8 Å². The molecule has 106 valence electrons. The maximum absolute atomic E-state index is 10.2. The van der Waals surface area contributed by atoms with Crippen LogP contribution in [0.5, 0.6) is 0 Å². The summed E-state index contributed by atoms with van der Waals surface area (Å²) in [5.41, 5.74) is -1.33. The highest BCUT2D eigenvalue weighted by molar-refractivity contribution is 9.23. The minimum Gasteiger partial charge on any atom is -0.313 e. The fraction of sp³-hybridized carbons (Fsp3) is 1.00. The van der Waals surface area contributed by atoms with E-state index in [-0.39, 0.29) is 4.55 Å². The zero-order valence-electron chi connectivity index (χ0n) is 9.43. The van der Waals surface area contributed by atoms with E-state index in [4.69, 9.17) is 0 Å². The van der Waals surface area contributed by atoms with E-state index in [1.54, 1.807) is 0 Å². The molecule has 12 nitrogen and oxygen atoms in total. The summed E-state index contributed by atoms with van der Waals surface area (Å²) in [4.78, 5) is 42.9. The van der Waals surface area contributed by atoms with Crippen molar-refractivity contribution in [1.82, 2.24) is 0 Å². The fourth-order valence-corrected chi connectivity index (χ4v) is 4.47. The monoisotopic (exact) mass is 357 g/mol. The van der Waals surface area contributed by atoms with E-state index in [1.165, 1.54) is 0 Å². The van der Waals surface area contributed by atoms with Crippen LogP contribution in [0, 0.1) is 35.8 Å². The van der Waals surface area contributed by atoms with Crippen molar-refractivity contribution in [2.24, 2.45) is 5.41 Å². The Morgan fingerprint density at radius 1 is 0.895 bits per heavy atom. The summed E-state index contributed by atoms with van der Waals surface area (Å²) in [6, 6.07) is 0. The molecule has 14 heteroatoms. The molecule has 0 heterocycles. The lowest BCUT2D eigenvalue weighted by Crippen LogP contribution is -2.39. The van der Waals surface area contributed by atoms with Crippen molar-refractivity contribution in [3.63, 3.8) is 0 Å². The van der Waals surface area contributed by atoms with E-state index >= 15 is 0 Å². The average molecular weight is 358 g/mol. The largest absolute Gasteiger partial charge is 0.469 e. The molecule has 0 saturated heterocycles. The second-order valence-corrected chi connectivity index (χ2v) is 6.69. The second-order valence-electron chi connectivity index (χ2n) is 3.43. The van der Waals surface area contributed by atoms with E-state index in [0.717, 1.165) is 0 Å². The summed E-state index contributed by atoms with van der Waals surface area (Å²) in [7, 11) is 0. The molecule has 0 bridgehead atoms. The quantitative estimate of drug-likeness (QED) is 0.282. The van der Waals surface area contributed by atoms with Crippen molar-refractivity contribution >= 4 is 31.1 Å². The second kappa shape index (κ2) is 8.86. The highest BCUT2D eigenvalue weighted by Gasteiger charge is 2.34. The predicted octanol–water partition coefficient (Wildman–Crippen LogP) is 0.0301. The van der Waals surface area contributed by atoms with Crippen molar-refractivity contribution in [1.29, 1.82) is 0 Å². The summed E-state index contributed by atoms with van der Waals surface area (Å²) in [6.45, 7) is -1.79. The average Bonchev–Trinajstić information content (AvgIpc) is 2.31. The van der Waals surface area contributed by atoms with Crippen LogP contribution in [0.25, 0.3) is 0 Å². The molecule has 0 atom stereocenters. The van der Waals surface area contributed by atoms with Gasteiger partial charge >= 0.3 is 18.2 Å². The molecular formula is C5H8BrMgN3O9. The molecule has 0 N–H and O–H groups in total. The van der Waals surface area contributed by atoms with E-state index in [1.807, 2.05) is 0 Å². The molecule has 0 aliphatic heterocycles. The van der Waals surface area contributed by atoms with E-state index in [9.17, 15) is 30.3 Å². The molecule has 0 radical (unpaired) electrons. The van der Waals surface area contributed by atoms with Crippen LogP contribution in [0.15, 0.2) is 0 Å². The highest BCUT2D eigenvalue weighted by Crippen LogP contribution is 2.25. The first-order valence-electron chi connectivity index (χ1n) is 4.69. The third-order valence-corrected chi connectivity index (χ3v) is 4.49. The zero-order chi connectivity index (χ0) is 14.9. The normalized spacial score (nSPS) is 10.2. The van der Waals surface area contributed by atoms with Crippen LogP contribution < -0.4 is 0 Å². The van der Waals surface area contributed by atoms with Gasteiger partial charge < -0.3 is 27.4 Å². The molecule has 0 aromatic heterocycles. The predicted molar refractivity (Wildman–Crippen MR) is 60.8 cm³/mol. The Morgan fingerprint density at radius 3 is 1.42 bits per heavy atom. The third-order valence-electron chi connectivity index (χ3n) is 2.05. The van der Waals surface area contributed by atoms with Gasteiger partial charge in [0.15, 0.2) is 0 Å². The Bertz CT molecular complexity index is 296. The number of rotatable bonds is 11. The van der Waals surface area contributed by atoms with Crippen LogP contribution >= 0.6 is 12.9 Å². The lowest BCUT2D eigenvalue weighted by molar-refractivity contribution is -0.782. The highest BCUT2D eigenvalue weighted by atomic mass is 79.9. The van der Waals surface area contributed by atoms with Gasteiger partial charge in [0.1, 0.15) is 19.8 Å². The zero-order valence-corrected chi connectivity index (χ0v) is 12.4. The molecule has 0 rings (SSSR count). The van der Waals surface area contributed by atoms with Crippen LogP contribution in [-0.2, 0) is 14.5 Å². The molecule has 0 fully saturated rings. The molecular weight excluding hydrogens is 350 g/mol. The number of hydrogen-bond donors (Lipinski definition) is 0. The van der Waals surface area contributed by atoms with Crippen LogP contribution in [0.2, 0.25) is 4.55 Å². The molecule has 0 unspecified atom stereocenters. The molecule has 0 aromatic rings. The van der Waals surface area contributed by atoms with Gasteiger partial charge in [-0.1, -0.05) is 0 Å². The Labute approximate surface area is 121 Å². The van der Waals surface area contributed by atoms with Crippen molar-refractivity contribution < 1.29 is 29.8 Å². The smallest absolute Gasteiger partial charge is 0.313 e. The Hall–Kier alpha value is -1.15. The Morgan fingerprint density at radius 2 is 1.21 bits per heavy atom. The Kier molecular flexibility index (Phi) is 8.33. The molecule has 0 amide bonds. The van der Waals surface area contributed by atoms with Gasteiger partial charge in [0, 0.05) is 5.41 Å². The van der Waals surface area contributed by atoms with Gasteiger partial charge in [0.05, 0.1) is 0 Å². The maximum atomic E-state index is 10.2. The van der Waals surface area contributed by atoms with Crippen molar-refractivity contribution in [3.8, 4) is 0 Å². The van der Waals surface area contributed by atoms with E-state index in [0.29, 0.717) is 0 Å². The number of hydrogen-bond acceptors (Lipinski definition) is 9. The van der Waals surface area contributed by atoms with Gasteiger partial charge in [-0.05, 0) is 0 Å². The van der Waals surface area contributed by atoms with Gasteiger partial charge in [0.2, 0.25) is 0 Å². The summed E-state index contributed by atoms with van der Waals surface area (Å²) in [5.74, 6) is 0. The lowest BCUT2D eigenvalue weighted by atomic mass is 9.94. The van der Waals surface area contributed by atoms with E-state index < -0.39 is 58.7 Å². The van der Waals surface area contributed by atoms with Crippen LogP contribution in [0.3, 0.4) is 0 Å². The SMILES string of the molecule is O=[N+]([O-])OCC(CO[N+](=O)[O-])(CO[N+](=O)[O-])[CH2][Mg][Br]. The number of halogens is 1. The van der Waals surface area contributed by atoms with Crippen LogP contribution in [0.4, 0.5) is 0 Å². The topological polar surface area (TPSA) is 157 Å². The summed E-state index contributed by atoms with van der Waals surface area (Å²) >= 11 is 2.25. The summed E-state index contributed by atoms with van der Waals surface area (Å²) < 4.78 is 0.211. The molecule has 0 aliphatic carbocycles. The molecule has 19 heavy (non-hydrogen) atoms. The third kappa shape index (κ3) is 8.54. The van der Waals surface area contributed by atoms with E-state index in [2.05, 4.69) is 27.4 Å². The first kappa shape index (κ1) is 17.8. The van der Waals surface area contributed by atoms with Crippen molar-refractivity contribution in [2.45, 2.75) is 4.55 Å². The Balaban J connectivity index is 4.79. The maximum Gasteiger partial charge on any atom is 0.469 e. The van der Waals surface area contributed by atoms with Crippen LogP contribution in [-0.4, -0.2) is 53.3 Å². The first-order chi connectivity index (χ1) is 8.81. The fourth-order valence-electron chi connectivity index (χ4n) is 1.11. The van der Waals surface area contributed by atoms with Gasteiger partial charge in [0.25, 0.3) is 15.3 Å². The molecule has 0 saturated carbocycles. The van der Waals surface area contributed by atoms with Gasteiger partial charge in [-0.25, -0.2) is 0 Å².